The van der Waals surface area contributed by atoms with Gasteiger partial charge in [-0.15, -0.1) is 0 Å². The summed E-state index contributed by atoms with van der Waals surface area (Å²) < 4.78 is 4.96. The van der Waals surface area contributed by atoms with Gasteiger partial charge in [-0.2, -0.15) is 4.98 Å². The number of hydrogen-bond donors (Lipinski definition) is 1. The number of carboxylic acid groups (broad SMARTS) is 1. The number of anilines is 1. The number of carbonyl (C=O) groups is 1. The van der Waals surface area contributed by atoms with E-state index in [1.54, 1.807) is 11.1 Å². The van der Waals surface area contributed by atoms with Crippen molar-refractivity contribution in [3.8, 4) is 5.88 Å². The summed E-state index contributed by atoms with van der Waals surface area (Å²) in [7, 11) is 1.51. The van der Waals surface area contributed by atoms with E-state index in [9.17, 15) is 4.79 Å². The van der Waals surface area contributed by atoms with Crippen molar-refractivity contribution in [1.82, 2.24) is 9.97 Å². The molecule has 1 aromatic heterocycles. The van der Waals surface area contributed by atoms with Crippen molar-refractivity contribution in [1.29, 1.82) is 0 Å². The second kappa shape index (κ2) is 4.34. The maximum atomic E-state index is 10.7. The Morgan fingerprint density at radius 1 is 1.62 bits per heavy atom. The van der Waals surface area contributed by atoms with Crippen molar-refractivity contribution in [2.45, 2.75) is 18.9 Å². The summed E-state index contributed by atoms with van der Waals surface area (Å²) in [5.41, 5.74) is 0. The second-order valence-corrected chi connectivity index (χ2v) is 3.67. The summed E-state index contributed by atoms with van der Waals surface area (Å²) in [5, 5.41) is 8.83. The molecule has 0 saturated heterocycles. The average Bonchev–Trinajstić information content (AvgIpc) is 3.09. The molecule has 0 unspecified atom stereocenters. The van der Waals surface area contributed by atoms with Gasteiger partial charge in [0, 0.05) is 6.04 Å². The van der Waals surface area contributed by atoms with Crippen molar-refractivity contribution >= 4 is 11.8 Å². The topological polar surface area (TPSA) is 75.5 Å². The molecule has 0 aliphatic heterocycles. The molecule has 1 fully saturated rings. The predicted molar refractivity (Wildman–Crippen MR) is 56.6 cm³/mol. The van der Waals surface area contributed by atoms with Gasteiger partial charge in [0.1, 0.15) is 6.54 Å². The standard InChI is InChI=1S/C10H13N3O3/c1-16-9-5-11-4-8(12-9)13(6-10(14)15)7-2-3-7/h4-5,7H,2-3,6H2,1H3,(H,14,15). The van der Waals surface area contributed by atoms with Crippen LogP contribution in [0.4, 0.5) is 5.82 Å². The van der Waals surface area contributed by atoms with E-state index in [1.165, 1.54) is 13.3 Å². The van der Waals surface area contributed by atoms with Gasteiger partial charge in [0.15, 0.2) is 5.82 Å². The smallest absolute Gasteiger partial charge is 0.323 e. The molecule has 1 aliphatic rings. The molecule has 86 valence electrons. The highest BCUT2D eigenvalue weighted by atomic mass is 16.5. The van der Waals surface area contributed by atoms with Crippen LogP contribution >= 0.6 is 0 Å². The van der Waals surface area contributed by atoms with Gasteiger partial charge in [-0.05, 0) is 12.8 Å². The lowest BCUT2D eigenvalue weighted by Gasteiger charge is -2.20. The first-order valence-corrected chi connectivity index (χ1v) is 5.05. The Labute approximate surface area is 92.9 Å². The summed E-state index contributed by atoms with van der Waals surface area (Å²) >= 11 is 0. The molecule has 2 rings (SSSR count). The van der Waals surface area contributed by atoms with Gasteiger partial charge in [-0.1, -0.05) is 0 Å². The number of aliphatic carboxylic acids is 1. The van der Waals surface area contributed by atoms with E-state index in [4.69, 9.17) is 9.84 Å². The molecule has 0 radical (unpaired) electrons. The number of aromatic nitrogens is 2. The second-order valence-electron chi connectivity index (χ2n) is 3.67. The minimum Gasteiger partial charge on any atom is -0.480 e. The molecule has 6 heteroatoms. The van der Waals surface area contributed by atoms with Gasteiger partial charge in [0.25, 0.3) is 0 Å². The van der Waals surface area contributed by atoms with Crippen molar-refractivity contribution in [2.75, 3.05) is 18.6 Å². The van der Waals surface area contributed by atoms with Crippen molar-refractivity contribution in [3.63, 3.8) is 0 Å². The van der Waals surface area contributed by atoms with Crippen molar-refractivity contribution in [2.24, 2.45) is 0 Å². The Morgan fingerprint density at radius 2 is 2.38 bits per heavy atom. The van der Waals surface area contributed by atoms with E-state index in [0.29, 0.717) is 11.7 Å². The third-order valence-electron chi connectivity index (χ3n) is 2.40. The molecule has 1 N–H and O–H groups in total. The fourth-order valence-electron chi connectivity index (χ4n) is 1.50. The Hall–Kier alpha value is -1.85. The third kappa shape index (κ3) is 2.39. The van der Waals surface area contributed by atoms with Gasteiger partial charge >= 0.3 is 5.97 Å². The van der Waals surface area contributed by atoms with E-state index in [2.05, 4.69) is 9.97 Å². The summed E-state index contributed by atoms with van der Waals surface area (Å²) in [6.07, 6.45) is 5.07. The molecule has 1 aliphatic carbocycles. The van der Waals surface area contributed by atoms with Crippen LogP contribution in [0.3, 0.4) is 0 Å². The highest BCUT2D eigenvalue weighted by molar-refractivity contribution is 5.73. The lowest BCUT2D eigenvalue weighted by Crippen LogP contribution is -2.32. The highest BCUT2D eigenvalue weighted by Crippen LogP contribution is 2.30. The number of methoxy groups -OCH3 is 1. The zero-order valence-electron chi connectivity index (χ0n) is 8.96. The average molecular weight is 223 g/mol. The van der Waals surface area contributed by atoms with Crippen molar-refractivity contribution < 1.29 is 14.6 Å². The van der Waals surface area contributed by atoms with Crippen LogP contribution in [-0.2, 0) is 4.79 Å². The fourth-order valence-corrected chi connectivity index (χ4v) is 1.50. The Morgan fingerprint density at radius 3 is 2.94 bits per heavy atom. The SMILES string of the molecule is COc1cncc(N(CC(=O)O)C2CC2)n1. The van der Waals surface area contributed by atoms with Crippen LogP contribution < -0.4 is 9.64 Å². The van der Waals surface area contributed by atoms with E-state index >= 15 is 0 Å². The number of rotatable bonds is 5. The van der Waals surface area contributed by atoms with Crippen LogP contribution in [-0.4, -0.2) is 40.7 Å². The van der Waals surface area contributed by atoms with Crippen LogP contribution in [0, 0.1) is 0 Å². The predicted octanol–water partition coefficient (Wildman–Crippen LogP) is 0.539. The molecular formula is C10H13N3O3. The summed E-state index contributed by atoms with van der Waals surface area (Å²) in [6, 6.07) is 0.275. The molecule has 0 amide bonds. The van der Waals surface area contributed by atoms with Gasteiger partial charge in [-0.3, -0.25) is 9.78 Å². The van der Waals surface area contributed by atoms with E-state index < -0.39 is 5.97 Å². The van der Waals surface area contributed by atoms with E-state index in [0.717, 1.165) is 12.8 Å². The fraction of sp³-hybridized carbons (Fsp3) is 0.500. The van der Waals surface area contributed by atoms with Gasteiger partial charge in [0.2, 0.25) is 5.88 Å². The zero-order valence-corrected chi connectivity index (χ0v) is 8.96. The normalized spacial score (nSPS) is 14.6. The van der Waals surface area contributed by atoms with Crippen LogP contribution in [0.5, 0.6) is 5.88 Å². The molecule has 0 bridgehead atoms. The molecule has 1 saturated carbocycles. The summed E-state index contributed by atoms with van der Waals surface area (Å²) in [5.74, 6) is 0.0920. The Bertz CT molecular complexity index is 393. The Balaban J connectivity index is 2.20. The minimum atomic E-state index is -0.864. The summed E-state index contributed by atoms with van der Waals surface area (Å²) in [6.45, 7) is -0.0491. The molecule has 0 aromatic carbocycles. The largest absolute Gasteiger partial charge is 0.480 e. The van der Waals surface area contributed by atoms with Crippen molar-refractivity contribution in [3.05, 3.63) is 12.4 Å². The first-order valence-electron chi connectivity index (χ1n) is 5.05. The highest BCUT2D eigenvalue weighted by Gasteiger charge is 2.31. The van der Waals surface area contributed by atoms with Crippen LogP contribution in [0.25, 0.3) is 0 Å². The maximum absolute atomic E-state index is 10.7. The Kier molecular flexibility index (Phi) is 2.89. The van der Waals surface area contributed by atoms with Gasteiger partial charge < -0.3 is 14.7 Å². The maximum Gasteiger partial charge on any atom is 0.323 e. The number of ether oxygens (including phenoxy) is 1. The van der Waals surface area contributed by atoms with E-state index in [1.807, 2.05) is 0 Å². The monoisotopic (exact) mass is 223 g/mol. The lowest BCUT2D eigenvalue weighted by atomic mass is 10.4. The first-order chi connectivity index (χ1) is 7.70. The minimum absolute atomic E-state index is 0.0491. The van der Waals surface area contributed by atoms with Crippen LogP contribution in [0.15, 0.2) is 12.4 Å². The molecule has 0 spiro atoms. The van der Waals surface area contributed by atoms with Crippen LogP contribution in [0.1, 0.15) is 12.8 Å². The quantitative estimate of drug-likeness (QED) is 0.785. The number of hydrogen-bond acceptors (Lipinski definition) is 5. The lowest BCUT2D eigenvalue weighted by molar-refractivity contribution is -0.135. The molecule has 6 nitrogen and oxygen atoms in total. The molecule has 1 heterocycles. The van der Waals surface area contributed by atoms with E-state index in [-0.39, 0.29) is 12.6 Å². The first kappa shape index (κ1) is 10.7. The zero-order chi connectivity index (χ0) is 11.5. The molecule has 16 heavy (non-hydrogen) atoms. The summed E-state index contributed by atoms with van der Waals surface area (Å²) in [4.78, 5) is 20.7. The van der Waals surface area contributed by atoms with Crippen LogP contribution in [0.2, 0.25) is 0 Å². The number of nitrogens with zero attached hydrogens (tertiary/aromatic N) is 3. The molecular weight excluding hydrogens is 210 g/mol. The number of carboxylic acids is 1. The van der Waals surface area contributed by atoms with Gasteiger partial charge in [0.05, 0.1) is 19.5 Å². The van der Waals surface area contributed by atoms with Gasteiger partial charge in [-0.25, -0.2) is 0 Å². The molecule has 1 aromatic rings. The molecule has 0 atom stereocenters. The third-order valence-corrected chi connectivity index (χ3v) is 2.40.